The molecule has 0 saturated heterocycles. The van der Waals surface area contributed by atoms with E-state index < -0.39 is 0 Å². The molecule has 2 rings (SSSR count). The zero-order valence-electron chi connectivity index (χ0n) is 6.64. The van der Waals surface area contributed by atoms with Crippen molar-refractivity contribution in [1.29, 1.82) is 0 Å². The number of aromatic nitrogens is 2. The van der Waals surface area contributed by atoms with Gasteiger partial charge in [-0.05, 0) is 0 Å². The summed E-state index contributed by atoms with van der Waals surface area (Å²) in [7, 11) is 5.36. The van der Waals surface area contributed by atoms with Crippen LogP contribution in [0.2, 0.25) is 0 Å². The molecule has 0 saturated carbocycles. The van der Waals surface area contributed by atoms with Gasteiger partial charge < -0.3 is 4.98 Å². The first kappa shape index (κ1) is 8.59. The van der Waals surface area contributed by atoms with E-state index in [0.29, 0.717) is 0 Å². The highest BCUT2D eigenvalue weighted by molar-refractivity contribution is 6.32. The van der Waals surface area contributed by atoms with E-state index >= 15 is 0 Å². The van der Waals surface area contributed by atoms with Gasteiger partial charge in [0.05, 0.1) is 6.33 Å². The van der Waals surface area contributed by atoms with Crippen molar-refractivity contribution in [1.82, 2.24) is 9.97 Å². The summed E-state index contributed by atoms with van der Waals surface area (Å²) in [5.74, 6) is 0. The normalized spacial score (nSPS) is 8.33. The molecule has 0 aliphatic carbocycles. The predicted octanol–water partition coefficient (Wildman–Crippen LogP) is 0.890. The second-order valence-corrected chi connectivity index (χ2v) is 2.17. The average molecular weight is 156 g/mol. The lowest BCUT2D eigenvalue weighted by molar-refractivity contribution is 1.31. The lowest BCUT2D eigenvalue weighted by Crippen LogP contribution is -1.97. The molecule has 0 spiro atoms. The van der Waals surface area contributed by atoms with Gasteiger partial charge in [-0.3, -0.25) is 0 Å². The zero-order chi connectivity index (χ0) is 8.65. The minimum atomic E-state index is 0.822. The monoisotopic (exact) mass is 156 g/mol. The molecule has 0 amide bonds. The van der Waals surface area contributed by atoms with Gasteiger partial charge >= 0.3 is 0 Å². The average Bonchev–Trinajstić information content (AvgIpc) is 2.62. The first-order valence-corrected chi connectivity index (χ1v) is 3.63. The third-order valence-corrected chi connectivity index (χ3v) is 1.21. The highest BCUT2D eigenvalue weighted by Gasteiger charge is 1.71. The van der Waals surface area contributed by atoms with E-state index in [1.54, 1.807) is 18.7 Å². The fraction of sp³-hybridized carbons (Fsp3) is 0. The molecule has 1 aromatic carbocycles. The molecule has 12 heavy (non-hydrogen) atoms. The highest BCUT2D eigenvalue weighted by Crippen LogP contribution is 1.76. The van der Waals surface area contributed by atoms with Gasteiger partial charge in [0.1, 0.15) is 7.85 Å². The Labute approximate surface area is 73.1 Å². The summed E-state index contributed by atoms with van der Waals surface area (Å²) in [4.78, 5) is 6.42. The number of hydrogen-bond acceptors (Lipinski definition) is 1. The molecule has 2 radical (unpaired) electrons. The van der Waals surface area contributed by atoms with Crippen LogP contribution in [0.1, 0.15) is 0 Å². The van der Waals surface area contributed by atoms with Crippen molar-refractivity contribution in [3.8, 4) is 0 Å². The van der Waals surface area contributed by atoms with Gasteiger partial charge in [0.15, 0.2) is 0 Å². The smallest absolute Gasteiger partial charge is 0.113 e. The molecular formula is C9H9BN2. The van der Waals surface area contributed by atoms with Crippen LogP contribution in [0.3, 0.4) is 0 Å². The number of H-pyrrole nitrogens is 1. The van der Waals surface area contributed by atoms with Crippen molar-refractivity contribution in [2.45, 2.75) is 0 Å². The number of nitrogens with zero attached hydrogens (tertiary/aromatic N) is 1. The fourth-order valence-electron chi connectivity index (χ4n) is 0.668. The Morgan fingerprint density at radius 2 is 1.92 bits per heavy atom. The van der Waals surface area contributed by atoms with Gasteiger partial charge in [0.2, 0.25) is 0 Å². The van der Waals surface area contributed by atoms with Crippen LogP contribution in [-0.2, 0) is 0 Å². The summed E-state index contributed by atoms with van der Waals surface area (Å²) in [5, 5.41) is 0. The van der Waals surface area contributed by atoms with Crippen LogP contribution < -0.4 is 5.46 Å². The van der Waals surface area contributed by atoms with E-state index in [9.17, 15) is 0 Å². The third-order valence-electron chi connectivity index (χ3n) is 1.21. The van der Waals surface area contributed by atoms with E-state index in [-0.39, 0.29) is 0 Å². The van der Waals surface area contributed by atoms with Crippen molar-refractivity contribution in [2.75, 3.05) is 0 Å². The van der Waals surface area contributed by atoms with Crippen LogP contribution in [0.4, 0.5) is 0 Å². The summed E-state index contributed by atoms with van der Waals surface area (Å²) in [6.45, 7) is 0. The van der Waals surface area contributed by atoms with Crippen LogP contribution in [0.15, 0.2) is 49.1 Å². The minimum Gasteiger partial charge on any atom is -0.351 e. The molecule has 3 heteroatoms. The van der Waals surface area contributed by atoms with Gasteiger partial charge in [0.25, 0.3) is 0 Å². The Bertz CT molecular complexity index is 261. The summed E-state index contributed by atoms with van der Waals surface area (Å²) >= 11 is 0. The summed E-state index contributed by atoms with van der Waals surface area (Å²) < 4.78 is 0. The minimum absolute atomic E-state index is 0.822. The van der Waals surface area contributed by atoms with Gasteiger partial charge in [-0.25, -0.2) is 4.98 Å². The van der Waals surface area contributed by atoms with Gasteiger partial charge in [-0.1, -0.05) is 35.8 Å². The van der Waals surface area contributed by atoms with Crippen LogP contribution >= 0.6 is 0 Å². The van der Waals surface area contributed by atoms with Crippen molar-refractivity contribution in [3.63, 3.8) is 0 Å². The van der Waals surface area contributed by atoms with Crippen molar-refractivity contribution < 1.29 is 0 Å². The molecular weight excluding hydrogens is 147 g/mol. The number of rotatable bonds is 0. The third kappa shape index (κ3) is 3.61. The number of benzene rings is 1. The molecule has 0 fully saturated rings. The maximum absolute atomic E-state index is 5.36. The van der Waals surface area contributed by atoms with Gasteiger partial charge in [0, 0.05) is 12.4 Å². The topological polar surface area (TPSA) is 28.7 Å². The maximum Gasteiger partial charge on any atom is 0.113 e. The van der Waals surface area contributed by atoms with Crippen molar-refractivity contribution >= 4 is 13.3 Å². The molecule has 0 aliphatic rings. The van der Waals surface area contributed by atoms with Gasteiger partial charge in [-0.2, -0.15) is 0 Å². The lowest BCUT2D eigenvalue weighted by Gasteiger charge is -1.83. The molecule has 1 heterocycles. The van der Waals surface area contributed by atoms with Crippen molar-refractivity contribution in [3.05, 3.63) is 49.1 Å². The SMILES string of the molecule is [B]c1ccccc1.c1c[nH]cn1. The largest absolute Gasteiger partial charge is 0.351 e. The molecule has 0 bridgehead atoms. The number of nitrogens with one attached hydrogen (secondary N) is 1. The van der Waals surface area contributed by atoms with E-state index in [0.717, 1.165) is 5.46 Å². The molecule has 0 aliphatic heterocycles. The first-order valence-electron chi connectivity index (χ1n) is 3.63. The van der Waals surface area contributed by atoms with Crippen LogP contribution in [0, 0.1) is 0 Å². The predicted molar refractivity (Wildman–Crippen MR) is 50.4 cm³/mol. The van der Waals surface area contributed by atoms with Crippen LogP contribution in [0.5, 0.6) is 0 Å². The molecule has 58 valence electrons. The van der Waals surface area contributed by atoms with E-state index in [1.807, 2.05) is 30.3 Å². The Morgan fingerprint density at radius 1 is 1.17 bits per heavy atom. The Morgan fingerprint density at radius 3 is 2.17 bits per heavy atom. The fourth-order valence-corrected chi connectivity index (χ4v) is 0.668. The standard InChI is InChI=1S/C6H5B.C3H4N2/c7-6-4-2-1-3-5-6;1-2-5-3-4-1/h1-5H;1-3H,(H,4,5). The van der Waals surface area contributed by atoms with Gasteiger partial charge in [-0.15, -0.1) is 0 Å². The number of aromatic amines is 1. The zero-order valence-corrected chi connectivity index (χ0v) is 6.64. The highest BCUT2D eigenvalue weighted by atomic mass is 14.8. The molecule has 1 N–H and O–H groups in total. The quantitative estimate of drug-likeness (QED) is 0.563. The van der Waals surface area contributed by atoms with E-state index in [2.05, 4.69) is 9.97 Å². The molecule has 0 atom stereocenters. The van der Waals surface area contributed by atoms with Crippen LogP contribution in [0.25, 0.3) is 0 Å². The maximum atomic E-state index is 5.36. The van der Waals surface area contributed by atoms with E-state index in [4.69, 9.17) is 7.85 Å². The Kier molecular flexibility index (Phi) is 3.71. The summed E-state index contributed by atoms with van der Waals surface area (Å²) in [5.41, 5.74) is 0.822. The second-order valence-electron chi connectivity index (χ2n) is 2.17. The number of imidazole rings is 1. The molecule has 2 aromatic rings. The molecule has 0 unspecified atom stereocenters. The Hall–Kier alpha value is -1.51. The number of hydrogen-bond donors (Lipinski definition) is 1. The van der Waals surface area contributed by atoms with Crippen molar-refractivity contribution in [2.24, 2.45) is 0 Å². The lowest BCUT2D eigenvalue weighted by atomic mass is 9.97. The van der Waals surface area contributed by atoms with E-state index in [1.165, 1.54) is 0 Å². The summed E-state index contributed by atoms with van der Waals surface area (Å²) in [6, 6.07) is 9.49. The van der Waals surface area contributed by atoms with Crippen LogP contribution in [-0.4, -0.2) is 17.8 Å². The molecule has 2 nitrogen and oxygen atoms in total. The second kappa shape index (κ2) is 5.19. The Balaban J connectivity index is 0.000000127. The molecule has 1 aromatic heterocycles. The summed E-state index contributed by atoms with van der Waals surface area (Å²) in [6.07, 6.45) is 5.08. The first-order chi connectivity index (χ1) is 5.89.